The van der Waals surface area contributed by atoms with Gasteiger partial charge in [0.2, 0.25) is 0 Å². The predicted molar refractivity (Wildman–Crippen MR) is 181 cm³/mol. The van der Waals surface area contributed by atoms with Gasteiger partial charge >= 0.3 is 0 Å². The number of thiophene rings is 1. The normalized spacial score (nSPS) is 13.1. The molecule has 0 radical (unpaired) electrons. The van der Waals surface area contributed by atoms with Crippen LogP contribution in [0.2, 0.25) is 0 Å². The van der Waals surface area contributed by atoms with Gasteiger partial charge < -0.3 is 9.80 Å². The first kappa shape index (κ1) is 23.6. The average Bonchev–Trinajstić information content (AvgIpc) is 3.45. The molecule has 0 fully saturated rings. The van der Waals surface area contributed by atoms with Crippen LogP contribution in [0.1, 0.15) is 0 Å². The largest absolute Gasteiger partial charge is 0.311 e. The Bertz CT molecular complexity index is 2100. The van der Waals surface area contributed by atoms with E-state index >= 15 is 0 Å². The molecule has 9 rings (SSSR count). The molecule has 196 valence electrons. The zero-order valence-electron chi connectivity index (χ0n) is 22.8. The Hall–Kier alpha value is -5.06. The first-order valence-corrected chi connectivity index (χ1v) is 15.2. The molecule has 0 aliphatic carbocycles. The fraction of sp³-hybridized carbons (Fsp3) is 0. The summed E-state index contributed by atoms with van der Waals surface area (Å²) < 4.78 is 1.32. The smallest absolute Gasteiger partial charge is 0.254 e. The summed E-state index contributed by atoms with van der Waals surface area (Å²) in [5, 5.41) is 2.65. The first-order valence-electron chi connectivity index (χ1n) is 14.4. The molecule has 6 aromatic carbocycles. The molecule has 2 aliphatic heterocycles. The molecule has 4 heteroatoms. The number of rotatable bonds is 3. The number of hydrogen-bond acceptors (Lipinski definition) is 3. The average molecular weight is 553 g/mol. The molecule has 0 atom stereocenters. The van der Waals surface area contributed by atoms with E-state index in [1.54, 1.807) is 0 Å². The zero-order valence-corrected chi connectivity index (χ0v) is 23.6. The van der Waals surface area contributed by atoms with Crippen molar-refractivity contribution in [1.82, 2.24) is 0 Å². The molecule has 2 aliphatic rings. The minimum atomic E-state index is 0.127. The van der Waals surface area contributed by atoms with E-state index in [0.29, 0.717) is 0 Å². The van der Waals surface area contributed by atoms with Crippen molar-refractivity contribution in [3.8, 4) is 11.1 Å². The second-order valence-electron chi connectivity index (χ2n) is 10.9. The van der Waals surface area contributed by atoms with E-state index in [1.165, 1.54) is 71.0 Å². The van der Waals surface area contributed by atoms with Crippen LogP contribution in [-0.2, 0) is 0 Å². The molecule has 2 nitrogen and oxygen atoms in total. The fourth-order valence-corrected chi connectivity index (χ4v) is 8.18. The molecule has 0 saturated carbocycles. The minimum Gasteiger partial charge on any atom is -0.311 e. The highest BCUT2D eigenvalue weighted by atomic mass is 32.1. The maximum atomic E-state index is 2.51. The molecule has 0 saturated heterocycles. The van der Waals surface area contributed by atoms with Crippen molar-refractivity contribution in [1.29, 1.82) is 0 Å². The van der Waals surface area contributed by atoms with E-state index in [2.05, 4.69) is 161 Å². The second-order valence-corrected chi connectivity index (χ2v) is 12.0. The van der Waals surface area contributed by atoms with Gasteiger partial charge in [0.15, 0.2) is 0 Å². The van der Waals surface area contributed by atoms with Gasteiger partial charge in [-0.15, -0.1) is 11.3 Å². The quantitative estimate of drug-likeness (QED) is 0.203. The Labute approximate surface area is 249 Å². The maximum Gasteiger partial charge on any atom is 0.254 e. The van der Waals surface area contributed by atoms with Gasteiger partial charge in [-0.2, -0.15) is 0 Å². The standard InChI is InChI=1S/C38H25BN2S/c1-4-14-26(15-5-1)27-24-33-37-34(25-27)41(29-18-8-3-9-19-29)38-36(30-20-10-13-23-35(30)42-38)39(37)31-21-11-12-22-32(31)40(33)28-16-6-2-7-17-28/h1-25H. The van der Waals surface area contributed by atoms with Crippen LogP contribution >= 0.6 is 11.3 Å². The van der Waals surface area contributed by atoms with Gasteiger partial charge in [0, 0.05) is 33.1 Å². The lowest BCUT2D eigenvalue weighted by Crippen LogP contribution is -2.61. The third kappa shape index (κ3) is 3.39. The van der Waals surface area contributed by atoms with Crippen LogP contribution in [0.3, 0.4) is 0 Å². The predicted octanol–water partition coefficient (Wildman–Crippen LogP) is 8.65. The lowest BCUT2D eigenvalue weighted by atomic mass is 9.33. The number of anilines is 6. The summed E-state index contributed by atoms with van der Waals surface area (Å²) in [6.45, 7) is 0.127. The summed E-state index contributed by atoms with van der Waals surface area (Å²) in [4.78, 5) is 4.98. The highest BCUT2D eigenvalue weighted by molar-refractivity contribution is 7.26. The van der Waals surface area contributed by atoms with Gasteiger partial charge in [0.25, 0.3) is 6.71 Å². The third-order valence-corrected chi connectivity index (χ3v) is 9.81. The summed E-state index contributed by atoms with van der Waals surface area (Å²) in [6.07, 6.45) is 0. The van der Waals surface area contributed by atoms with Crippen LogP contribution in [0, 0.1) is 0 Å². The number of nitrogens with zero attached hydrogens (tertiary/aromatic N) is 2. The van der Waals surface area contributed by atoms with Crippen molar-refractivity contribution in [2.24, 2.45) is 0 Å². The van der Waals surface area contributed by atoms with Gasteiger partial charge in [0.05, 0.1) is 5.00 Å². The van der Waals surface area contributed by atoms with Gasteiger partial charge in [-0.1, -0.05) is 103 Å². The Morgan fingerprint density at radius 2 is 1.02 bits per heavy atom. The van der Waals surface area contributed by atoms with Crippen molar-refractivity contribution in [2.75, 3.05) is 9.80 Å². The summed E-state index contributed by atoms with van der Waals surface area (Å²) in [5.41, 5.74) is 12.6. The molecule has 0 amide bonds. The molecule has 7 aromatic rings. The number of benzene rings is 6. The lowest BCUT2D eigenvalue weighted by molar-refractivity contribution is 1.27. The van der Waals surface area contributed by atoms with Gasteiger partial charge in [-0.3, -0.25) is 0 Å². The van der Waals surface area contributed by atoms with Crippen LogP contribution in [0.15, 0.2) is 152 Å². The Morgan fingerprint density at radius 1 is 0.452 bits per heavy atom. The Kier molecular flexibility index (Phi) is 5.20. The fourth-order valence-electron chi connectivity index (χ4n) is 6.90. The van der Waals surface area contributed by atoms with Crippen LogP contribution in [0.25, 0.3) is 21.2 Å². The van der Waals surface area contributed by atoms with E-state index in [9.17, 15) is 0 Å². The minimum absolute atomic E-state index is 0.127. The number of hydrogen-bond donors (Lipinski definition) is 0. The van der Waals surface area contributed by atoms with Crippen LogP contribution in [-0.4, -0.2) is 6.71 Å². The van der Waals surface area contributed by atoms with Crippen molar-refractivity contribution >= 4 is 78.0 Å². The van der Waals surface area contributed by atoms with Gasteiger partial charge in [-0.05, 0) is 81.4 Å². The first-order chi connectivity index (χ1) is 20.9. The number of para-hydroxylation sites is 3. The molecule has 0 bridgehead atoms. The second kappa shape index (κ2) is 9.23. The molecule has 0 spiro atoms. The summed E-state index contributed by atoms with van der Waals surface area (Å²) >= 11 is 1.90. The molecular formula is C38H25BN2S. The molecule has 1 aromatic heterocycles. The van der Waals surface area contributed by atoms with E-state index in [1.807, 2.05) is 11.3 Å². The van der Waals surface area contributed by atoms with Crippen LogP contribution < -0.4 is 26.2 Å². The van der Waals surface area contributed by atoms with Crippen molar-refractivity contribution < 1.29 is 0 Å². The Balaban J connectivity index is 1.45. The molecule has 3 heterocycles. The summed E-state index contributed by atoms with van der Waals surface area (Å²) in [5.74, 6) is 0. The van der Waals surface area contributed by atoms with E-state index < -0.39 is 0 Å². The van der Waals surface area contributed by atoms with E-state index in [-0.39, 0.29) is 6.71 Å². The monoisotopic (exact) mass is 552 g/mol. The molecule has 0 unspecified atom stereocenters. The van der Waals surface area contributed by atoms with Crippen LogP contribution in [0.5, 0.6) is 0 Å². The van der Waals surface area contributed by atoms with E-state index in [4.69, 9.17) is 0 Å². The Morgan fingerprint density at radius 3 is 1.76 bits per heavy atom. The van der Waals surface area contributed by atoms with Gasteiger partial charge in [0.1, 0.15) is 0 Å². The lowest BCUT2D eigenvalue weighted by Gasteiger charge is -2.43. The molecular weight excluding hydrogens is 527 g/mol. The maximum absolute atomic E-state index is 2.51. The number of fused-ring (bicyclic) bond motifs is 6. The molecule has 42 heavy (non-hydrogen) atoms. The highest BCUT2D eigenvalue weighted by Crippen LogP contribution is 2.48. The summed E-state index contributed by atoms with van der Waals surface area (Å²) in [7, 11) is 0. The van der Waals surface area contributed by atoms with Crippen molar-refractivity contribution in [2.45, 2.75) is 0 Å². The molecule has 0 N–H and O–H groups in total. The summed E-state index contributed by atoms with van der Waals surface area (Å²) in [6, 6.07) is 55.2. The highest BCUT2D eigenvalue weighted by Gasteiger charge is 2.45. The third-order valence-electron chi connectivity index (χ3n) is 8.64. The van der Waals surface area contributed by atoms with Crippen molar-refractivity contribution in [3.63, 3.8) is 0 Å². The van der Waals surface area contributed by atoms with Crippen LogP contribution in [0.4, 0.5) is 33.4 Å². The van der Waals surface area contributed by atoms with Gasteiger partial charge in [-0.25, -0.2) is 0 Å². The van der Waals surface area contributed by atoms with Crippen molar-refractivity contribution in [3.05, 3.63) is 152 Å². The topological polar surface area (TPSA) is 6.48 Å². The SMILES string of the molecule is c1ccc(-c2cc3c4c(c2)N(c2ccccc2)c2sc5ccccc5c2B4c2ccccc2N3c2ccccc2)cc1. The zero-order chi connectivity index (χ0) is 27.6. The van der Waals surface area contributed by atoms with E-state index in [0.717, 1.165) is 0 Å².